The van der Waals surface area contributed by atoms with Crippen molar-refractivity contribution in [2.45, 2.75) is 6.42 Å². The Hall–Kier alpha value is -2.12. The summed E-state index contributed by atoms with van der Waals surface area (Å²) >= 11 is 5.91. The van der Waals surface area contributed by atoms with Crippen LogP contribution in [0.5, 0.6) is 5.75 Å². The second kappa shape index (κ2) is 8.23. The Morgan fingerprint density at radius 1 is 1.48 bits per heavy atom. The lowest BCUT2D eigenvalue weighted by atomic mass is 10.3. The molecule has 0 saturated heterocycles. The minimum atomic E-state index is -0.953. The van der Waals surface area contributed by atoms with E-state index in [2.05, 4.69) is 5.32 Å². The van der Waals surface area contributed by atoms with Gasteiger partial charge in [-0.3, -0.25) is 19.3 Å². The highest BCUT2D eigenvalue weighted by atomic mass is 35.5. The Labute approximate surface area is 127 Å². The molecule has 0 radical (unpaired) electrons. The first-order chi connectivity index (χ1) is 10.0. The third-order valence-corrected chi connectivity index (χ3v) is 2.89. The molecule has 0 aliphatic carbocycles. The lowest BCUT2D eigenvalue weighted by Crippen LogP contribution is -2.39. The molecule has 0 bridgehead atoms. The largest absolute Gasteiger partial charge is 0.495 e. The molecule has 1 aromatic rings. The van der Waals surface area contributed by atoms with Gasteiger partial charge in [-0.15, -0.1) is 0 Å². The summed E-state index contributed by atoms with van der Waals surface area (Å²) in [6, 6.07) is 4.52. The van der Waals surface area contributed by atoms with Gasteiger partial charge in [0.25, 0.3) is 0 Å². The van der Waals surface area contributed by atoms with Gasteiger partial charge >= 0.3 is 11.8 Å². The van der Waals surface area contributed by atoms with Crippen LogP contribution in [-0.4, -0.2) is 43.3 Å². The number of hydrogen-bond acceptors (Lipinski definition) is 5. The molecule has 0 aliphatic heterocycles. The van der Waals surface area contributed by atoms with Crippen molar-refractivity contribution in [3.8, 4) is 5.75 Å². The van der Waals surface area contributed by atoms with Crippen LogP contribution < -0.4 is 15.8 Å². The van der Waals surface area contributed by atoms with Gasteiger partial charge < -0.3 is 15.8 Å². The number of nitrogens with one attached hydrogen (secondary N) is 1. The van der Waals surface area contributed by atoms with Gasteiger partial charge in [0.1, 0.15) is 5.75 Å². The fourth-order valence-corrected chi connectivity index (χ4v) is 1.78. The van der Waals surface area contributed by atoms with Gasteiger partial charge in [-0.25, -0.2) is 0 Å². The molecule has 0 unspecified atom stereocenters. The Bertz CT molecular complexity index is 536. The highest BCUT2D eigenvalue weighted by molar-refractivity contribution is 6.41. The van der Waals surface area contributed by atoms with Crippen LogP contribution in [0.3, 0.4) is 0 Å². The third kappa shape index (κ3) is 4.73. The number of imide groups is 1. The smallest absolute Gasteiger partial charge is 0.318 e. The molecular weight excluding hydrogens is 298 g/mol. The minimum Gasteiger partial charge on any atom is -0.495 e. The quantitative estimate of drug-likeness (QED) is 0.592. The normalized spacial score (nSPS) is 9.86. The van der Waals surface area contributed by atoms with E-state index in [1.54, 1.807) is 6.07 Å². The number of ether oxygens (including phenoxy) is 1. The highest BCUT2D eigenvalue weighted by Crippen LogP contribution is 2.27. The molecule has 7 nitrogen and oxygen atoms in total. The van der Waals surface area contributed by atoms with E-state index < -0.39 is 11.8 Å². The number of benzene rings is 1. The molecule has 114 valence electrons. The van der Waals surface area contributed by atoms with Crippen LogP contribution in [0.1, 0.15) is 6.42 Å². The van der Waals surface area contributed by atoms with Crippen LogP contribution in [-0.2, 0) is 14.4 Å². The summed E-state index contributed by atoms with van der Waals surface area (Å²) in [5.41, 5.74) is 5.62. The van der Waals surface area contributed by atoms with Crippen LogP contribution in [0.25, 0.3) is 0 Å². The van der Waals surface area contributed by atoms with Gasteiger partial charge in [0, 0.05) is 12.2 Å². The monoisotopic (exact) mass is 313 g/mol. The van der Waals surface area contributed by atoms with E-state index in [1.807, 2.05) is 0 Å². The van der Waals surface area contributed by atoms with Crippen molar-refractivity contribution in [3.63, 3.8) is 0 Å². The Morgan fingerprint density at radius 3 is 2.71 bits per heavy atom. The van der Waals surface area contributed by atoms with E-state index in [-0.39, 0.29) is 11.6 Å². The molecule has 0 heterocycles. The van der Waals surface area contributed by atoms with E-state index in [0.717, 1.165) is 4.90 Å². The van der Waals surface area contributed by atoms with E-state index in [4.69, 9.17) is 22.1 Å². The first kappa shape index (κ1) is 16.9. The number of nitrogens with zero attached hydrogens (tertiary/aromatic N) is 1. The van der Waals surface area contributed by atoms with Crippen molar-refractivity contribution >= 4 is 35.5 Å². The van der Waals surface area contributed by atoms with E-state index in [1.165, 1.54) is 19.2 Å². The Kier molecular flexibility index (Phi) is 6.64. The number of amides is 3. The number of anilines is 1. The Balaban J connectivity index is 2.73. The summed E-state index contributed by atoms with van der Waals surface area (Å²) in [6.45, 7) is 0.406. The highest BCUT2D eigenvalue weighted by Gasteiger charge is 2.21. The summed E-state index contributed by atoms with van der Waals surface area (Å²) in [4.78, 5) is 35.1. The standard InChI is InChI=1S/C13H16ClN3O4/c1-21-11-4-3-9(7-10(11)14)16-12(19)13(20)17(8-18)6-2-5-15/h3-4,7-8H,2,5-6,15H2,1H3,(H,16,19). The van der Waals surface area contributed by atoms with E-state index >= 15 is 0 Å². The summed E-state index contributed by atoms with van der Waals surface area (Å²) < 4.78 is 4.97. The number of halogens is 1. The van der Waals surface area contributed by atoms with Crippen molar-refractivity contribution in [2.24, 2.45) is 5.73 Å². The van der Waals surface area contributed by atoms with E-state index in [0.29, 0.717) is 30.8 Å². The molecule has 3 amide bonds. The number of carbonyl (C=O) groups is 3. The van der Waals surface area contributed by atoms with Crippen LogP contribution in [0.4, 0.5) is 5.69 Å². The zero-order valence-electron chi connectivity index (χ0n) is 11.5. The summed E-state index contributed by atoms with van der Waals surface area (Å²) in [5, 5.41) is 2.65. The first-order valence-electron chi connectivity index (χ1n) is 6.14. The summed E-state index contributed by atoms with van der Waals surface area (Å²) in [7, 11) is 1.46. The lowest BCUT2D eigenvalue weighted by molar-refractivity contribution is -0.146. The summed E-state index contributed by atoms with van der Waals surface area (Å²) in [5.74, 6) is -1.44. The van der Waals surface area contributed by atoms with Crippen molar-refractivity contribution in [3.05, 3.63) is 23.2 Å². The molecule has 1 aromatic carbocycles. The average Bonchev–Trinajstić information content (AvgIpc) is 2.48. The van der Waals surface area contributed by atoms with Gasteiger partial charge in [0.15, 0.2) is 0 Å². The molecule has 8 heteroatoms. The molecule has 0 aliphatic rings. The SMILES string of the molecule is COc1ccc(NC(=O)C(=O)N(C=O)CCCN)cc1Cl. The van der Waals surface area contributed by atoms with Gasteiger partial charge in [0.05, 0.1) is 12.1 Å². The number of rotatable bonds is 6. The van der Waals surface area contributed by atoms with Crippen LogP contribution in [0, 0.1) is 0 Å². The maximum atomic E-state index is 11.8. The number of nitrogens with two attached hydrogens (primary N) is 1. The topological polar surface area (TPSA) is 102 Å². The Morgan fingerprint density at radius 2 is 2.19 bits per heavy atom. The average molecular weight is 314 g/mol. The molecule has 21 heavy (non-hydrogen) atoms. The fourth-order valence-electron chi connectivity index (χ4n) is 1.52. The zero-order chi connectivity index (χ0) is 15.8. The van der Waals surface area contributed by atoms with Crippen LogP contribution >= 0.6 is 11.6 Å². The first-order valence-corrected chi connectivity index (χ1v) is 6.52. The lowest BCUT2D eigenvalue weighted by Gasteiger charge is -2.14. The molecule has 3 N–H and O–H groups in total. The summed E-state index contributed by atoms with van der Waals surface area (Å²) in [6.07, 6.45) is 0.727. The molecule has 0 fully saturated rings. The maximum Gasteiger partial charge on any atom is 0.318 e. The second-order valence-corrected chi connectivity index (χ2v) is 4.46. The molecule has 1 rings (SSSR count). The minimum absolute atomic E-state index is 0.0929. The molecule has 0 aromatic heterocycles. The van der Waals surface area contributed by atoms with Gasteiger partial charge in [0.2, 0.25) is 6.41 Å². The second-order valence-electron chi connectivity index (χ2n) is 4.05. The predicted octanol–water partition coefficient (Wildman–Crippen LogP) is 0.621. The number of methoxy groups -OCH3 is 1. The molecule has 0 atom stereocenters. The van der Waals surface area contributed by atoms with Crippen molar-refractivity contribution in [1.29, 1.82) is 0 Å². The molecular formula is C13H16ClN3O4. The third-order valence-electron chi connectivity index (χ3n) is 2.60. The fraction of sp³-hybridized carbons (Fsp3) is 0.308. The molecule has 0 spiro atoms. The van der Waals surface area contributed by atoms with Crippen molar-refractivity contribution < 1.29 is 19.1 Å². The van der Waals surface area contributed by atoms with Crippen LogP contribution in [0.15, 0.2) is 18.2 Å². The number of carbonyl (C=O) groups excluding carboxylic acids is 3. The maximum absolute atomic E-state index is 11.8. The van der Waals surface area contributed by atoms with Crippen molar-refractivity contribution in [2.75, 3.05) is 25.5 Å². The van der Waals surface area contributed by atoms with Crippen molar-refractivity contribution in [1.82, 2.24) is 4.90 Å². The van der Waals surface area contributed by atoms with E-state index in [9.17, 15) is 14.4 Å². The number of hydrogen-bond donors (Lipinski definition) is 2. The van der Waals surface area contributed by atoms with Gasteiger partial charge in [-0.2, -0.15) is 0 Å². The van der Waals surface area contributed by atoms with Gasteiger partial charge in [-0.1, -0.05) is 11.6 Å². The van der Waals surface area contributed by atoms with Gasteiger partial charge in [-0.05, 0) is 31.2 Å². The zero-order valence-corrected chi connectivity index (χ0v) is 12.2. The van der Waals surface area contributed by atoms with Crippen LogP contribution in [0.2, 0.25) is 5.02 Å². The molecule has 0 saturated carbocycles. The predicted molar refractivity (Wildman–Crippen MR) is 78.1 cm³/mol.